The van der Waals surface area contributed by atoms with Gasteiger partial charge in [-0.05, 0) is 53.4 Å². The highest BCUT2D eigenvalue weighted by Crippen LogP contribution is 2.29. The molecule has 1 aromatic carbocycles. The zero-order chi connectivity index (χ0) is 13.1. The van der Waals surface area contributed by atoms with Gasteiger partial charge in [-0.15, -0.1) is 0 Å². The van der Waals surface area contributed by atoms with Crippen molar-refractivity contribution in [1.29, 1.82) is 0 Å². The Morgan fingerprint density at radius 2 is 1.83 bits per heavy atom. The molecule has 2 rings (SSSR count). The van der Waals surface area contributed by atoms with Gasteiger partial charge in [-0.3, -0.25) is 4.79 Å². The number of Topliss-reactive ketones (excluding diaryl/α,β-unsaturated/α-hetero) is 1. The number of carbonyl (C=O) groups is 2. The third-order valence-electron chi connectivity index (χ3n) is 3.10. The van der Waals surface area contributed by atoms with E-state index in [1.165, 1.54) is 19.3 Å². The number of ketones is 1. The van der Waals surface area contributed by atoms with Gasteiger partial charge < -0.3 is 10.0 Å². The smallest absolute Gasteiger partial charge is 0.377 e. The van der Waals surface area contributed by atoms with Crippen LogP contribution in [0.15, 0.2) is 22.7 Å². The van der Waals surface area contributed by atoms with Gasteiger partial charge in [0.25, 0.3) is 5.78 Å². The van der Waals surface area contributed by atoms with Crippen molar-refractivity contribution in [3.05, 3.63) is 28.2 Å². The van der Waals surface area contributed by atoms with E-state index in [2.05, 4.69) is 20.8 Å². The van der Waals surface area contributed by atoms with E-state index in [1.807, 2.05) is 6.07 Å². The van der Waals surface area contributed by atoms with E-state index in [0.29, 0.717) is 0 Å². The Morgan fingerprint density at radius 1 is 1.17 bits per heavy atom. The van der Waals surface area contributed by atoms with Gasteiger partial charge in [0.05, 0.1) is 5.69 Å². The Balaban J connectivity index is 2.24. The molecule has 96 valence electrons. The van der Waals surface area contributed by atoms with Crippen LogP contribution in [0.1, 0.15) is 29.6 Å². The van der Waals surface area contributed by atoms with E-state index in [-0.39, 0.29) is 5.56 Å². The van der Waals surface area contributed by atoms with Crippen LogP contribution in [0, 0.1) is 0 Å². The average Bonchev–Trinajstić information content (AvgIpc) is 2.38. The van der Waals surface area contributed by atoms with Gasteiger partial charge in [-0.1, -0.05) is 0 Å². The largest absolute Gasteiger partial charge is 0.475 e. The molecular formula is C13H14BrNO3. The normalized spacial score (nSPS) is 15.5. The van der Waals surface area contributed by atoms with Crippen molar-refractivity contribution in [3.8, 4) is 0 Å². The number of nitrogens with zero attached hydrogens (tertiary/aromatic N) is 1. The number of carboxylic acid groups (broad SMARTS) is 1. The molecule has 0 spiro atoms. The van der Waals surface area contributed by atoms with Crippen LogP contribution in [-0.4, -0.2) is 29.9 Å². The van der Waals surface area contributed by atoms with Crippen LogP contribution in [0.3, 0.4) is 0 Å². The molecule has 0 aliphatic carbocycles. The molecule has 0 unspecified atom stereocenters. The summed E-state index contributed by atoms with van der Waals surface area (Å²) in [6, 6.07) is 4.97. The predicted octanol–water partition coefficient (Wildman–Crippen LogP) is 2.71. The molecular weight excluding hydrogens is 298 g/mol. The lowest BCUT2D eigenvalue weighted by Crippen LogP contribution is -2.29. The van der Waals surface area contributed by atoms with Crippen molar-refractivity contribution >= 4 is 33.4 Å². The van der Waals surface area contributed by atoms with E-state index in [9.17, 15) is 9.59 Å². The third-order valence-corrected chi connectivity index (χ3v) is 3.74. The molecule has 0 amide bonds. The fourth-order valence-corrected chi connectivity index (χ4v) is 2.79. The maximum atomic E-state index is 11.4. The van der Waals surface area contributed by atoms with Gasteiger partial charge in [-0.2, -0.15) is 0 Å². The molecule has 18 heavy (non-hydrogen) atoms. The van der Waals surface area contributed by atoms with Crippen molar-refractivity contribution in [1.82, 2.24) is 0 Å². The second-order valence-electron chi connectivity index (χ2n) is 4.35. The van der Waals surface area contributed by atoms with Crippen LogP contribution in [0.2, 0.25) is 0 Å². The third kappa shape index (κ3) is 2.72. The van der Waals surface area contributed by atoms with Crippen LogP contribution in [-0.2, 0) is 4.79 Å². The number of aliphatic carboxylic acids is 1. The second kappa shape index (κ2) is 5.52. The Labute approximate surface area is 114 Å². The number of hydrogen-bond acceptors (Lipinski definition) is 3. The highest BCUT2D eigenvalue weighted by Gasteiger charge is 2.18. The minimum Gasteiger partial charge on any atom is -0.475 e. The molecule has 4 nitrogen and oxygen atoms in total. The van der Waals surface area contributed by atoms with E-state index < -0.39 is 11.8 Å². The Morgan fingerprint density at radius 3 is 2.39 bits per heavy atom. The summed E-state index contributed by atoms with van der Waals surface area (Å²) in [5, 5.41) is 8.67. The lowest BCUT2D eigenvalue weighted by Gasteiger charge is -2.29. The van der Waals surface area contributed by atoms with Crippen LogP contribution >= 0.6 is 15.9 Å². The van der Waals surface area contributed by atoms with Gasteiger partial charge in [0, 0.05) is 23.1 Å². The predicted molar refractivity (Wildman–Crippen MR) is 72.2 cm³/mol. The first-order valence-electron chi connectivity index (χ1n) is 5.91. The molecule has 1 aromatic rings. The fraction of sp³-hybridized carbons (Fsp3) is 0.385. The summed E-state index contributed by atoms with van der Waals surface area (Å²) in [4.78, 5) is 24.2. The molecule has 0 saturated carbocycles. The summed E-state index contributed by atoms with van der Waals surface area (Å²) in [6.07, 6.45) is 3.59. The van der Waals surface area contributed by atoms with Gasteiger partial charge in [0.15, 0.2) is 0 Å². The zero-order valence-corrected chi connectivity index (χ0v) is 11.4. The molecule has 1 heterocycles. The maximum absolute atomic E-state index is 11.4. The van der Waals surface area contributed by atoms with E-state index in [4.69, 9.17) is 5.11 Å². The van der Waals surface area contributed by atoms with Gasteiger partial charge in [-0.25, -0.2) is 4.79 Å². The van der Waals surface area contributed by atoms with Crippen molar-refractivity contribution in [2.75, 3.05) is 18.0 Å². The number of piperidine rings is 1. The Bertz CT molecular complexity index is 481. The van der Waals surface area contributed by atoms with Crippen molar-refractivity contribution in [3.63, 3.8) is 0 Å². The highest BCUT2D eigenvalue weighted by atomic mass is 79.9. The van der Waals surface area contributed by atoms with Crippen molar-refractivity contribution in [2.45, 2.75) is 19.3 Å². The van der Waals surface area contributed by atoms with Crippen LogP contribution in [0.25, 0.3) is 0 Å². The molecule has 1 N–H and O–H groups in total. The fourth-order valence-electron chi connectivity index (χ4n) is 2.16. The van der Waals surface area contributed by atoms with E-state index in [1.54, 1.807) is 12.1 Å². The summed E-state index contributed by atoms with van der Waals surface area (Å²) >= 11 is 3.41. The number of hydrogen-bond donors (Lipinski definition) is 1. The second-order valence-corrected chi connectivity index (χ2v) is 5.20. The minimum atomic E-state index is -1.42. The standard InChI is InChI=1S/C13H14BrNO3/c14-10-8-9(12(16)13(17)18)4-5-11(10)15-6-2-1-3-7-15/h4-5,8H,1-3,6-7H2,(H,17,18). The number of carbonyl (C=O) groups excluding carboxylic acids is 1. The molecule has 1 aliphatic heterocycles. The number of benzene rings is 1. The lowest BCUT2D eigenvalue weighted by molar-refractivity contribution is -0.131. The Kier molecular flexibility index (Phi) is 4.01. The maximum Gasteiger partial charge on any atom is 0.377 e. The SMILES string of the molecule is O=C(O)C(=O)c1ccc(N2CCCCC2)c(Br)c1. The van der Waals surface area contributed by atoms with E-state index >= 15 is 0 Å². The molecule has 1 aliphatic rings. The summed E-state index contributed by atoms with van der Waals surface area (Å²) < 4.78 is 0.775. The molecule has 0 radical (unpaired) electrons. The lowest BCUT2D eigenvalue weighted by atomic mass is 10.1. The number of carboxylic acids is 1. The molecule has 0 atom stereocenters. The highest BCUT2D eigenvalue weighted by molar-refractivity contribution is 9.10. The minimum absolute atomic E-state index is 0.204. The first kappa shape index (κ1) is 13.1. The van der Waals surface area contributed by atoms with Crippen molar-refractivity contribution < 1.29 is 14.7 Å². The molecule has 1 saturated heterocycles. The molecule has 0 aromatic heterocycles. The zero-order valence-electron chi connectivity index (χ0n) is 9.86. The van der Waals surface area contributed by atoms with Gasteiger partial charge in [0.1, 0.15) is 0 Å². The summed E-state index contributed by atoms with van der Waals surface area (Å²) in [5.41, 5.74) is 1.23. The first-order chi connectivity index (χ1) is 8.59. The summed E-state index contributed by atoms with van der Waals surface area (Å²) in [5.74, 6) is -2.30. The van der Waals surface area contributed by atoms with Crippen LogP contribution in [0.5, 0.6) is 0 Å². The topological polar surface area (TPSA) is 57.6 Å². The average molecular weight is 312 g/mol. The molecule has 1 fully saturated rings. The monoisotopic (exact) mass is 311 g/mol. The number of halogens is 1. The molecule has 0 bridgehead atoms. The van der Waals surface area contributed by atoms with E-state index in [0.717, 1.165) is 23.2 Å². The van der Waals surface area contributed by atoms with Crippen LogP contribution < -0.4 is 4.90 Å². The summed E-state index contributed by atoms with van der Waals surface area (Å²) in [7, 11) is 0. The van der Waals surface area contributed by atoms with Crippen LogP contribution in [0.4, 0.5) is 5.69 Å². The summed E-state index contributed by atoms with van der Waals surface area (Å²) in [6.45, 7) is 2.01. The Hall–Kier alpha value is -1.36. The number of anilines is 1. The van der Waals surface area contributed by atoms with Crippen molar-refractivity contribution in [2.24, 2.45) is 0 Å². The molecule has 5 heteroatoms. The van der Waals surface area contributed by atoms with Gasteiger partial charge in [0.2, 0.25) is 0 Å². The quantitative estimate of drug-likeness (QED) is 0.689. The van der Waals surface area contributed by atoms with Gasteiger partial charge >= 0.3 is 5.97 Å². The first-order valence-corrected chi connectivity index (χ1v) is 6.71. The number of rotatable bonds is 3.